The van der Waals surface area contributed by atoms with Gasteiger partial charge in [0.1, 0.15) is 10.8 Å². The smallest absolute Gasteiger partial charge is 0.125 e. The summed E-state index contributed by atoms with van der Waals surface area (Å²) in [5, 5.41) is 18.0. The normalized spacial score (nSPS) is 10.2. The average molecular weight is 243 g/mol. The Balaban J connectivity index is 2.24. The number of rotatable bonds is 2. The molecule has 0 spiro atoms. The zero-order chi connectivity index (χ0) is 12.3. The fraction of sp³-hybridized carbons (Fsp3) is 0.0714. The van der Waals surface area contributed by atoms with E-state index < -0.39 is 0 Å². The molecule has 17 heavy (non-hydrogen) atoms. The van der Waals surface area contributed by atoms with E-state index >= 15 is 0 Å². The van der Waals surface area contributed by atoms with E-state index in [0.717, 1.165) is 10.5 Å². The lowest BCUT2D eigenvalue weighted by Gasteiger charge is -2.07. The van der Waals surface area contributed by atoms with Crippen LogP contribution in [-0.4, -0.2) is 10.2 Å². The van der Waals surface area contributed by atoms with Gasteiger partial charge in [-0.05, 0) is 30.7 Å². The third kappa shape index (κ3) is 2.68. The number of hydrogen-bond donors (Lipinski definition) is 2. The minimum absolute atomic E-state index is 0.151. The van der Waals surface area contributed by atoms with E-state index in [1.165, 1.54) is 11.8 Å². The Labute approximate surface area is 105 Å². The monoisotopic (exact) mass is 243 g/mol. The molecule has 0 amide bonds. The van der Waals surface area contributed by atoms with Crippen LogP contribution in [0.5, 0.6) is 5.75 Å². The summed E-state index contributed by atoms with van der Waals surface area (Å²) in [5.41, 5.74) is 1.71. The summed E-state index contributed by atoms with van der Waals surface area (Å²) in [7, 11) is 0. The SMILES string of the molecule is Cc1ccccc1SC(=N)c1ccccc1O. The Morgan fingerprint density at radius 2 is 1.71 bits per heavy atom. The van der Waals surface area contributed by atoms with Gasteiger partial charge in [0.2, 0.25) is 0 Å². The summed E-state index contributed by atoms with van der Waals surface area (Å²) in [5.74, 6) is 0.151. The molecule has 2 aromatic rings. The van der Waals surface area contributed by atoms with Crippen LogP contribution in [0.4, 0.5) is 0 Å². The van der Waals surface area contributed by atoms with Crippen LogP contribution in [0.15, 0.2) is 53.4 Å². The Morgan fingerprint density at radius 3 is 2.41 bits per heavy atom. The van der Waals surface area contributed by atoms with Crippen LogP contribution in [0.1, 0.15) is 11.1 Å². The van der Waals surface area contributed by atoms with Gasteiger partial charge in [-0.1, -0.05) is 42.1 Å². The van der Waals surface area contributed by atoms with Gasteiger partial charge < -0.3 is 5.11 Å². The van der Waals surface area contributed by atoms with Crippen molar-refractivity contribution in [3.8, 4) is 5.75 Å². The maximum atomic E-state index is 9.67. The van der Waals surface area contributed by atoms with E-state index in [4.69, 9.17) is 5.41 Å². The molecule has 2 N–H and O–H groups in total. The van der Waals surface area contributed by atoms with Gasteiger partial charge in [-0.2, -0.15) is 0 Å². The summed E-state index contributed by atoms with van der Waals surface area (Å²) in [6.07, 6.45) is 0. The van der Waals surface area contributed by atoms with Crippen molar-refractivity contribution in [1.82, 2.24) is 0 Å². The van der Waals surface area contributed by atoms with Crippen LogP contribution in [0.3, 0.4) is 0 Å². The van der Waals surface area contributed by atoms with Crippen molar-refractivity contribution in [2.75, 3.05) is 0 Å². The van der Waals surface area contributed by atoms with Crippen molar-refractivity contribution in [2.45, 2.75) is 11.8 Å². The molecule has 0 aliphatic carbocycles. The molecule has 0 heterocycles. The molecule has 0 unspecified atom stereocenters. The average Bonchev–Trinajstić information content (AvgIpc) is 2.32. The highest BCUT2D eigenvalue weighted by atomic mass is 32.2. The molecule has 2 rings (SSSR count). The summed E-state index contributed by atoms with van der Waals surface area (Å²) < 4.78 is 0. The van der Waals surface area contributed by atoms with E-state index in [1.54, 1.807) is 18.2 Å². The van der Waals surface area contributed by atoms with Crippen molar-refractivity contribution < 1.29 is 5.11 Å². The predicted molar refractivity (Wildman–Crippen MR) is 72.0 cm³/mol. The maximum absolute atomic E-state index is 9.67. The third-order valence-corrected chi connectivity index (χ3v) is 3.56. The number of thioether (sulfide) groups is 1. The molecule has 0 bridgehead atoms. The van der Waals surface area contributed by atoms with E-state index in [1.807, 2.05) is 37.3 Å². The van der Waals surface area contributed by atoms with Crippen molar-refractivity contribution in [1.29, 1.82) is 5.41 Å². The number of aromatic hydroxyl groups is 1. The van der Waals surface area contributed by atoms with Gasteiger partial charge in [-0.25, -0.2) is 0 Å². The molecule has 2 aromatic carbocycles. The van der Waals surface area contributed by atoms with Crippen molar-refractivity contribution >= 4 is 16.8 Å². The molecular formula is C14H13NOS. The minimum Gasteiger partial charge on any atom is -0.507 e. The molecule has 0 atom stereocenters. The van der Waals surface area contributed by atoms with E-state index in [-0.39, 0.29) is 5.75 Å². The molecular weight excluding hydrogens is 230 g/mol. The lowest BCUT2D eigenvalue weighted by atomic mass is 10.2. The summed E-state index contributed by atoms with van der Waals surface area (Å²) in [4.78, 5) is 1.04. The number of para-hydroxylation sites is 1. The van der Waals surface area contributed by atoms with Gasteiger partial charge in [0.15, 0.2) is 0 Å². The number of benzene rings is 2. The Hall–Kier alpha value is -1.74. The van der Waals surface area contributed by atoms with Crippen molar-refractivity contribution in [3.63, 3.8) is 0 Å². The quantitative estimate of drug-likeness (QED) is 0.478. The van der Waals surface area contributed by atoms with Crippen LogP contribution < -0.4 is 0 Å². The zero-order valence-corrected chi connectivity index (χ0v) is 10.3. The lowest BCUT2D eigenvalue weighted by Crippen LogP contribution is -1.94. The summed E-state index contributed by atoms with van der Waals surface area (Å²) in [6, 6.07) is 14.9. The van der Waals surface area contributed by atoms with Crippen LogP contribution in [0.25, 0.3) is 0 Å². The van der Waals surface area contributed by atoms with Crippen molar-refractivity contribution in [2.24, 2.45) is 0 Å². The first-order valence-electron chi connectivity index (χ1n) is 5.29. The molecule has 0 aromatic heterocycles. The molecule has 0 aliphatic heterocycles. The minimum atomic E-state index is 0.151. The van der Waals surface area contributed by atoms with Crippen LogP contribution in [0.2, 0.25) is 0 Å². The van der Waals surface area contributed by atoms with E-state index in [2.05, 4.69) is 0 Å². The second-order valence-electron chi connectivity index (χ2n) is 3.71. The van der Waals surface area contributed by atoms with Crippen LogP contribution >= 0.6 is 11.8 Å². The molecule has 0 fully saturated rings. The topological polar surface area (TPSA) is 44.1 Å². The number of phenols is 1. The zero-order valence-electron chi connectivity index (χ0n) is 9.47. The molecule has 0 radical (unpaired) electrons. The Morgan fingerprint density at radius 1 is 1.06 bits per heavy atom. The first-order chi connectivity index (χ1) is 8.18. The van der Waals surface area contributed by atoms with Gasteiger partial charge in [0.05, 0.1) is 0 Å². The number of phenolic OH excluding ortho intramolecular Hbond substituents is 1. The third-order valence-electron chi connectivity index (χ3n) is 2.45. The second kappa shape index (κ2) is 5.06. The van der Waals surface area contributed by atoms with E-state index in [0.29, 0.717) is 10.6 Å². The standard InChI is InChI=1S/C14H13NOS/c1-10-6-2-5-9-13(10)17-14(15)11-7-3-4-8-12(11)16/h2-9,15-16H,1H3. The fourth-order valence-electron chi connectivity index (χ4n) is 1.50. The number of hydrogen-bond acceptors (Lipinski definition) is 3. The molecule has 3 heteroatoms. The highest BCUT2D eigenvalue weighted by Crippen LogP contribution is 2.28. The Kier molecular flexibility index (Phi) is 3.49. The number of nitrogens with one attached hydrogen (secondary N) is 1. The summed E-state index contributed by atoms with van der Waals surface area (Å²) >= 11 is 1.36. The first-order valence-corrected chi connectivity index (χ1v) is 6.10. The van der Waals surface area contributed by atoms with Crippen LogP contribution in [-0.2, 0) is 0 Å². The van der Waals surface area contributed by atoms with Crippen molar-refractivity contribution in [3.05, 3.63) is 59.7 Å². The van der Waals surface area contributed by atoms with Crippen LogP contribution in [0, 0.1) is 12.3 Å². The first kappa shape index (κ1) is 11.7. The van der Waals surface area contributed by atoms with E-state index in [9.17, 15) is 5.11 Å². The maximum Gasteiger partial charge on any atom is 0.125 e. The predicted octanol–water partition coefficient (Wildman–Crippen LogP) is 3.82. The van der Waals surface area contributed by atoms with Gasteiger partial charge in [-0.15, -0.1) is 0 Å². The van der Waals surface area contributed by atoms with Gasteiger partial charge in [0, 0.05) is 10.5 Å². The fourth-order valence-corrected chi connectivity index (χ4v) is 2.38. The summed E-state index contributed by atoms with van der Waals surface area (Å²) in [6.45, 7) is 2.01. The lowest BCUT2D eigenvalue weighted by molar-refractivity contribution is 0.474. The molecule has 0 aliphatic rings. The van der Waals surface area contributed by atoms with Gasteiger partial charge >= 0.3 is 0 Å². The largest absolute Gasteiger partial charge is 0.507 e. The van der Waals surface area contributed by atoms with Gasteiger partial charge in [0.25, 0.3) is 0 Å². The molecule has 2 nitrogen and oxygen atoms in total. The highest BCUT2D eigenvalue weighted by Gasteiger charge is 2.09. The second-order valence-corrected chi connectivity index (χ2v) is 4.77. The Bertz CT molecular complexity index is 551. The molecule has 0 saturated heterocycles. The van der Waals surface area contributed by atoms with Gasteiger partial charge in [-0.3, -0.25) is 5.41 Å². The highest BCUT2D eigenvalue weighted by molar-refractivity contribution is 8.14. The molecule has 0 saturated carbocycles. The number of aryl methyl sites for hydroxylation is 1. The molecule has 86 valence electrons.